The van der Waals surface area contributed by atoms with Gasteiger partial charge in [0, 0.05) is 44.3 Å². The molecular formula is C13H26IN3OS. The fraction of sp³-hybridized carbons (Fsp3) is 0.923. The SMILES string of the molecule is CCC1CN(C(=NC)NCC2CCCO2)CCS1.I. The molecule has 0 saturated carbocycles. The zero-order valence-electron chi connectivity index (χ0n) is 11.9. The van der Waals surface area contributed by atoms with Gasteiger partial charge in [-0.2, -0.15) is 11.8 Å². The van der Waals surface area contributed by atoms with Crippen molar-refractivity contribution in [2.75, 3.05) is 39.0 Å². The minimum absolute atomic E-state index is 0. The van der Waals surface area contributed by atoms with Crippen molar-refractivity contribution in [2.45, 2.75) is 37.5 Å². The van der Waals surface area contributed by atoms with Crippen molar-refractivity contribution in [3.63, 3.8) is 0 Å². The van der Waals surface area contributed by atoms with Crippen LogP contribution in [0.25, 0.3) is 0 Å². The molecule has 2 atom stereocenters. The summed E-state index contributed by atoms with van der Waals surface area (Å²) in [5, 5.41) is 4.22. The summed E-state index contributed by atoms with van der Waals surface area (Å²) in [6.07, 6.45) is 3.99. The number of halogens is 1. The van der Waals surface area contributed by atoms with E-state index in [4.69, 9.17) is 4.74 Å². The van der Waals surface area contributed by atoms with Crippen LogP contribution in [0.3, 0.4) is 0 Å². The summed E-state index contributed by atoms with van der Waals surface area (Å²) in [6, 6.07) is 0. The molecule has 4 nitrogen and oxygen atoms in total. The number of guanidine groups is 1. The molecule has 0 aromatic carbocycles. The Morgan fingerprint density at radius 2 is 2.37 bits per heavy atom. The van der Waals surface area contributed by atoms with Gasteiger partial charge in [-0.25, -0.2) is 0 Å². The van der Waals surface area contributed by atoms with Crippen molar-refractivity contribution in [3.05, 3.63) is 0 Å². The molecule has 6 heteroatoms. The Hall–Kier alpha value is 0.310. The predicted octanol–water partition coefficient (Wildman–Crippen LogP) is 2.19. The monoisotopic (exact) mass is 399 g/mol. The fourth-order valence-corrected chi connectivity index (χ4v) is 3.68. The van der Waals surface area contributed by atoms with E-state index < -0.39 is 0 Å². The minimum atomic E-state index is 0. The van der Waals surface area contributed by atoms with Gasteiger partial charge in [-0.15, -0.1) is 24.0 Å². The number of thioether (sulfide) groups is 1. The molecule has 2 aliphatic rings. The van der Waals surface area contributed by atoms with Crippen molar-refractivity contribution in [1.29, 1.82) is 0 Å². The molecule has 2 saturated heterocycles. The smallest absolute Gasteiger partial charge is 0.193 e. The van der Waals surface area contributed by atoms with Crippen molar-refractivity contribution in [1.82, 2.24) is 10.2 Å². The first-order valence-electron chi connectivity index (χ1n) is 7.02. The van der Waals surface area contributed by atoms with Crippen molar-refractivity contribution < 1.29 is 4.74 Å². The van der Waals surface area contributed by atoms with Gasteiger partial charge in [-0.05, 0) is 19.3 Å². The number of ether oxygens (including phenoxy) is 1. The van der Waals surface area contributed by atoms with E-state index in [9.17, 15) is 0 Å². The number of hydrogen-bond acceptors (Lipinski definition) is 3. The molecule has 0 amide bonds. The molecule has 0 spiro atoms. The maximum Gasteiger partial charge on any atom is 0.193 e. The maximum absolute atomic E-state index is 5.64. The third kappa shape index (κ3) is 5.30. The lowest BCUT2D eigenvalue weighted by molar-refractivity contribution is 0.113. The molecular weight excluding hydrogens is 373 g/mol. The summed E-state index contributed by atoms with van der Waals surface area (Å²) in [5.74, 6) is 2.25. The number of rotatable bonds is 3. The largest absolute Gasteiger partial charge is 0.376 e. The Kier molecular flexibility index (Phi) is 8.48. The van der Waals surface area contributed by atoms with Gasteiger partial charge < -0.3 is 15.0 Å². The first kappa shape index (κ1) is 17.4. The molecule has 2 unspecified atom stereocenters. The summed E-state index contributed by atoms with van der Waals surface area (Å²) in [6.45, 7) is 6.30. The number of hydrogen-bond donors (Lipinski definition) is 1. The highest BCUT2D eigenvalue weighted by Crippen LogP contribution is 2.21. The van der Waals surface area contributed by atoms with Crippen LogP contribution in [0.15, 0.2) is 4.99 Å². The predicted molar refractivity (Wildman–Crippen MR) is 93.9 cm³/mol. The van der Waals surface area contributed by atoms with E-state index in [0.29, 0.717) is 6.10 Å². The van der Waals surface area contributed by atoms with Crippen LogP contribution in [0.1, 0.15) is 26.2 Å². The Bertz CT molecular complexity index is 285. The molecule has 0 bridgehead atoms. The molecule has 2 rings (SSSR count). The molecule has 0 aliphatic carbocycles. The van der Waals surface area contributed by atoms with E-state index in [1.807, 2.05) is 7.05 Å². The van der Waals surface area contributed by atoms with E-state index in [1.165, 1.54) is 25.0 Å². The van der Waals surface area contributed by atoms with Gasteiger partial charge in [-0.3, -0.25) is 4.99 Å². The number of nitrogens with one attached hydrogen (secondary N) is 1. The standard InChI is InChI=1S/C13H25N3OS.HI/c1-3-12-10-16(6-8-18-12)13(14-2)15-9-11-5-4-7-17-11;/h11-12H,3-10H2,1-2H3,(H,14,15);1H. The van der Waals surface area contributed by atoms with Gasteiger partial charge in [0.2, 0.25) is 0 Å². The maximum atomic E-state index is 5.64. The fourth-order valence-electron chi connectivity index (χ4n) is 2.50. The van der Waals surface area contributed by atoms with Crippen LogP contribution in [0, 0.1) is 0 Å². The van der Waals surface area contributed by atoms with E-state index in [0.717, 1.165) is 37.5 Å². The summed E-state index contributed by atoms with van der Waals surface area (Å²) >= 11 is 2.09. The lowest BCUT2D eigenvalue weighted by atomic mass is 10.2. The topological polar surface area (TPSA) is 36.9 Å². The van der Waals surface area contributed by atoms with Crippen molar-refractivity contribution in [2.24, 2.45) is 4.99 Å². The van der Waals surface area contributed by atoms with Gasteiger partial charge in [0.1, 0.15) is 0 Å². The average molecular weight is 399 g/mol. The van der Waals surface area contributed by atoms with Gasteiger partial charge in [0.05, 0.1) is 6.10 Å². The molecule has 0 aromatic rings. The zero-order chi connectivity index (χ0) is 12.8. The van der Waals surface area contributed by atoms with Crippen LogP contribution in [-0.4, -0.2) is 61.3 Å². The van der Waals surface area contributed by atoms with Crippen LogP contribution in [-0.2, 0) is 4.74 Å². The van der Waals surface area contributed by atoms with Crippen LogP contribution in [0.4, 0.5) is 0 Å². The summed E-state index contributed by atoms with van der Waals surface area (Å²) < 4.78 is 5.64. The third-order valence-corrected chi connectivity index (χ3v) is 4.99. The van der Waals surface area contributed by atoms with Gasteiger partial charge in [0.15, 0.2) is 5.96 Å². The van der Waals surface area contributed by atoms with Gasteiger partial charge in [0.25, 0.3) is 0 Å². The van der Waals surface area contributed by atoms with Crippen molar-refractivity contribution >= 4 is 41.7 Å². The second-order valence-electron chi connectivity index (χ2n) is 4.91. The van der Waals surface area contributed by atoms with E-state index in [-0.39, 0.29) is 24.0 Å². The second kappa shape index (κ2) is 9.28. The third-order valence-electron chi connectivity index (χ3n) is 3.62. The first-order valence-corrected chi connectivity index (χ1v) is 8.07. The van der Waals surface area contributed by atoms with Crippen LogP contribution < -0.4 is 5.32 Å². The molecule has 2 fully saturated rings. The Morgan fingerprint density at radius 3 is 3.00 bits per heavy atom. The highest BCUT2D eigenvalue weighted by atomic mass is 127. The molecule has 2 heterocycles. The summed E-state index contributed by atoms with van der Waals surface area (Å²) in [5.41, 5.74) is 0. The van der Waals surface area contributed by atoms with Gasteiger partial charge >= 0.3 is 0 Å². The molecule has 1 N–H and O–H groups in total. The van der Waals surface area contributed by atoms with Crippen LogP contribution in [0.5, 0.6) is 0 Å². The molecule has 112 valence electrons. The lowest BCUT2D eigenvalue weighted by Gasteiger charge is -2.34. The Labute approximate surface area is 138 Å². The zero-order valence-corrected chi connectivity index (χ0v) is 15.1. The minimum Gasteiger partial charge on any atom is -0.376 e. The highest BCUT2D eigenvalue weighted by molar-refractivity contribution is 14.0. The molecule has 19 heavy (non-hydrogen) atoms. The second-order valence-corrected chi connectivity index (χ2v) is 6.32. The molecule has 0 aromatic heterocycles. The normalized spacial score (nSPS) is 28.1. The summed E-state index contributed by atoms with van der Waals surface area (Å²) in [4.78, 5) is 6.80. The van der Waals surface area contributed by atoms with E-state index in [2.05, 4.69) is 33.9 Å². The molecule has 2 aliphatic heterocycles. The summed E-state index contributed by atoms with van der Waals surface area (Å²) in [7, 11) is 1.88. The average Bonchev–Trinajstić information content (AvgIpc) is 2.93. The van der Waals surface area contributed by atoms with E-state index >= 15 is 0 Å². The van der Waals surface area contributed by atoms with Gasteiger partial charge in [-0.1, -0.05) is 6.92 Å². The first-order chi connectivity index (χ1) is 8.83. The number of aliphatic imine (C=N–C) groups is 1. The number of nitrogens with zero attached hydrogens (tertiary/aromatic N) is 2. The Morgan fingerprint density at radius 1 is 1.53 bits per heavy atom. The molecule has 0 radical (unpaired) electrons. The van der Waals surface area contributed by atoms with Crippen molar-refractivity contribution in [3.8, 4) is 0 Å². The lowest BCUT2D eigenvalue weighted by Crippen LogP contribution is -2.49. The van der Waals surface area contributed by atoms with Crippen LogP contribution in [0.2, 0.25) is 0 Å². The Balaban J connectivity index is 0.00000180. The van der Waals surface area contributed by atoms with E-state index in [1.54, 1.807) is 0 Å². The van der Waals surface area contributed by atoms with Crippen LogP contribution >= 0.6 is 35.7 Å². The highest BCUT2D eigenvalue weighted by Gasteiger charge is 2.22. The quantitative estimate of drug-likeness (QED) is 0.449.